The number of amides is 2. The number of pyridine rings is 1. The first-order valence-electron chi connectivity index (χ1n) is 7.69. The van der Waals surface area contributed by atoms with Gasteiger partial charge in [-0.25, -0.2) is 4.98 Å². The van der Waals surface area contributed by atoms with E-state index in [0.717, 1.165) is 25.5 Å². The van der Waals surface area contributed by atoms with E-state index in [1.165, 1.54) is 0 Å². The molecule has 2 fully saturated rings. The van der Waals surface area contributed by atoms with Gasteiger partial charge in [-0.05, 0) is 12.1 Å². The Hall–Kier alpha value is -2.15. The first-order valence-corrected chi connectivity index (χ1v) is 7.69. The lowest BCUT2D eigenvalue weighted by Crippen LogP contribution is -2.56. The molecule has 0 bridgehead atoms. The molecule has 1 aromatic rings. The maximum atomic E-state index is 12.3. The van der Waals surface area contributed by atoms with Gasteiger partial charge in [-0.1, -0.05) is 6.07 Å². The Balaban J connectivity index is 1.50. The molecule has 2 aliphatic heterocycles. The van der Waals surface area contributed by atoms with Gasteiger partial charge in [0.15, 0.2) is 0 Å². The van der Waals surface area contributed by atoms with Crippen LogP contribution in [0.4, 0.5) is 5.82 Å². The number of anilines is 1. The monoisotopic (exact) mass is 303 g/mol. The predicted octanol–water partition coefficient (Wildman–Crippen LogP) is -0.792. The van der Waals surface area contributed by atoms with E-state index < -0.39 is 6.04 Å². The molecule has 0 aromatic carbocycles. The molecular weight excluding hydrogens is 282 g/mol. The fourth-order valence-corrected chi connectivity index (χ4v) is 2.84. The van der Waals surface area contributed by atoms with Crippen LogP contribution >= 0.6 is 0 Å². The second kappa shape index (κ2) is 6.74. The molecule has 3 heterocycles. The van der Waals surface area contributed by atoms with E-state index in [-0.39, 0.29) is 18.2 Å². The van der Waals surface area contributed by atoms with Crippen molar-refractivity contribution in [2.75, 3.05) is 44.2 Å². The van der Waals surface area contributed by atoms with Crippen molar-refractivity contribution in [2.24, 2.45) is 0 Å². The van der Waals surface area contributed by atoms with E-state index in [1.54, 1.807) is 6.20 Å². The molecule has 1 aromatic heterocycles. The van der Waals surface area contributed by atoms with Crippen LogP contribution in [0.1, 0.15) is 6.42 Å². The van der Waals surface area contributed by atoms with Gasteiger partial charge < -0.3 is 20.4 Å². The summed E-state index contributed by atoms with van der Waals surface area (Å²) in [5.41, 5.74) is 0. The summed E-state index contributed by atoms with van der Waals surface area (Å²) in [6.45, 7) is 4.23. The molecule has 0 spiro atoms. The molecule has 0 aliphatic carbocycles. The van der Waals surface area contributed by atoms with Crippen molar-refractivity contribution in [3.63, 3.8) is 0 Å². The molecule has 2 amide bonds. The third-order valence-corrected chi connectivity index (χ3v) is 4.12. The van der Waals surface area contributed by atoms with Crippen molar-refractivity contribution in [3.05, 3.63) is 24.4 Å². The molecule has 1 atom stereocenters. The summed E-state index contributed by atoms with van der Waals surface area (Å²) >= 11 is 0. The van der Waals surface area contributed by atoms with Gasteiger partial charge in [-0.15, -0.1) is 0 Å². The molecular formula is C15H21N5O2. The van der Waals surface area contributed by atoms with Gasteiger partial charge in [0, 0.05) is 45.5 Å². The highest BCUT2D eigenvalue weighted by molar-refractivity contribution is 5.88. The Kier molecular flexibility index (Phi) is 4.53. The highest BCUT2D eigenvalue weighted by atomic mass is 16.2. The minimum atomic E-state index is -0.393. The summed E-state index contributed by atoms with van der Waals surface area (Å²) in [6, 6.07) is 5.45. The summed E-state index contributed by atoms with van der Waals surface area (Å²) in [5, 5.41) is 5.87. The van der Waals surface area contributed by atoms with Crippen molar-refractivity contribution in [1.82, 2.24) is 20.5 Å². The molecule has 1 unspecified atom stereocenters. The quantitative estimate of drug-likeness (QED) is 0.765. The number of nitrogens with one attached hydrogen (secondary N) is 2. The summed E-state index contributed by atoms with van der Waals surface area (Å²) in [4.78, 5) is 32.4. The molecule has 0 saturated carbocycles. The van der Waals surface area contributed by atoms with E-state index in [1.807, 2.05) is 23.1 Å². The average Bonchev–Trinajstić information content (AvgIpc) is 2.58. The fourth-order valence-electron chi connectivity index (χ4n) is 2.84. The maximum absolute atomic E-state index is 12.3. The normalized spacial score (nSPS) is 22.4. The van der Waals surface area contributed by atoms with Gasteiger partial charge >= 0.3 is 0 Å². The molecule has 2 saturated heterocycles. The van der Waals surface area contributed by atoms with Crippen LogP contribution in [0.15, 0.2) is 24.4 Å². The van der Waals surface area contributed by atoms with Crippen molar-refractivity contribution >= 4 is 17.6 Å². The molecule has 7 nitrogen and oxygen atoms in total. The zero-order chi connectivity index (χ0) is 15.4. The maximum Gasteiger partial charge on any atom is 0.237 e. The van der Waals surface area contributed by atoms with Gasteiger partial charge in [0.1, 0.15) is 5.82 Å². The predicted molar refractivity (Wildman–Crippen MR) is 82.4 cm³/mol. The zero-order valence-corrected chi connectivity index (χ0v) is 12.5. The highest BCUT2D eigenvalue weighted by Crippen LogP contribution is 2.13. The van der Waals surface area contributed by atoms with Crippen LogP contribution in [-0.2, 0) is 9.59 Å². The van der Waals surface area contributed by atoms with Gasteiger partial charge in [0.05, 0.1) is 12.5 Å². The van der Waals surface area contributed by atoms with Crippen LogP contribution in [-0.4, -0.2) is 67.0 Å². The van der Waals surface area contributed by atoms with Crippen LogP contribution in [0.5, 0.6) is 0 Å². The minimum Gasteiger partial charge on any atom is -0.353 e. The standard InChI is InChI=1S/C15H21N5O2/c21-14(11-12-15(22)18-6-5-16-12)20-9-7-19(8-10-20)13-3-1-2-4-17-13/h1-4,12,16H,5-11H2,(H,18,22). The lowest BCUT2D eigenvalue weighted by Gasteiger charge is -2.36. The lowest BCUT2D eigenvalue weighted by atomic mass is 10.1. The SMILES string of the molecule is O=C1NCCNC1CC(=O)N1CCN(c2ccccn2)CC1. The number of carbonyl (C=O) groups excluding carboxylic acids is 2. The molecule has 2 N–H and O–H groups in total. The lowest BCUT2D eigenvalue weighted by molar-refractivity contribution is -0.135. The third kappa shape index (κ3) is 3.36. The number of hydrogen-bond donors (Lipinski definition) is 2. The van der Waals surface area contributed by atoms with E-state index in [2.05, 4.69) is 20.5 Å². The minimum absolute atomic E-state index is 0.0372. The van der Waals surface area contributed by atoms with Crippen LogP contribution < -0.4 is 15.5 Å². The second-order valence-corrected chi connectivity index (χ2v) is 5.56. The molecule has 2 aliphatic rings. The van der Waals surface area contributed by atoms with Crippen LogP contribution in [0.25, 0.3) is 0 Å². The Morgan fingerprint density at radius 1 is 1.23 bits per heavy atom. The number of hydrogen-bond acceptors (Lipinski definition) is 5. The Labute approximate surface area is 129 Å². The van der Waals surface area contributed by atoms with Gasteiger partial charge in [0.25, 0.3) is 0 Å². The molecule has 118 valence electrons. The van der Waals surface area contributed by atoms with Crippen LogP contribution in [0, 0.1) is 0 Å². The Morgan fingerprint density at radius 3 is 2.73 bits per heavy atom. The van der Waals surface area contributed by atoms with E-state index in [9.17, 15) is 9.59 Å². The number of aromatic nitrogens is 1. The number of piperazine rings is 2. The van der Waals surface area contributed by atoms with E-state index in [0.29, 0.717) is 19.6 Å². The largest absolute Gasteiger partial charge is 0.353 e. The number of nitrogens with zero attached hydrogens (tertiary/aromatic N) is 3. The van der Waals surface area contributed by atoms with Crippen molar-refractivity contribution < 1.29 is 9.59 Å². The Bertz CT molecular complexity index is 528. The average molecular weight is 303 g/mol. The highest BCUT2D eigenvalue weighted by Gasteiger charge is 2.28. The molecule has 0 radical (unpaired) electrons. The summed E-state index contributed by atoms with van der Waals surface area (Å²) in [6.07, 6.45) is 2.01. The van der Waals surface area contributed by atoms with Crippen LogP contribution in [0.2, 0.25) is 0 Å². The smallest absolute Gasteiger partial charge is 0.237 e. The van der Waals surface area contributed by atoms with Crippen LogP contribution in [0.3, 0.4) is 0 Å². The van der Waals surface area contributed by atoms with Crippen molar-refractivity contribution in [1.29, 1.82) is 0 Å². The van der Waals surface area contributed by atoms with Gasteiger partial charge in [0.2, 0.25) is 11.8 Å². The summed E-state index contributed by atoms with van der Waals surface area (Å²) in [5.74, 6) is 0.907. The first-order chi connectivity index (χ1) is 10.7. The van der Waals surface area contributed by atoms with Gasteiger partial charge in [-0.3, -0.25) is 9.59 Å². The molecule has 22 heavy (non-hydrogen) atoms. The number of rotatable bonds is 3. The van der Waals surface area contributed by atoms with Gasteiger partial charge in [-0.2, -0.15) is 0 Å². The summed E-state index contributed by atoms with van der Waals surface area (Å²) < 4.78 is 0. The topological polar surface area (TPSA) is 77.6 Å². The van der Waals surface area contributed by atoms with Crippen molar-refractivity contribution in [3.8, 4) is 0 Å². The molecule has 7 heteroatoms. The van der Waals surface area contributed by atoms with Crippen molar-refractivity contribution in [2.45, 2.75) is 12.5 Å². The van der Waals surface area contributed by atoms with E-state index in [4.69, 9.17) is 0 Å². The molecule has 3 rings (SSSR count). The Morgan fingerprint density at radius 2 is 2.05 bits per heavy atom. The summed E-state index contributed by atoms with van der Waals surface area (Å²) in [7, 11) is 0. The second-order valence-electron chi connectivity index (χ2n) is 5.56. The third-order valence-electron chi connectivity index (χ3n) is 4.12. The number of carbonyl (C=O) groups is 2. The van der Waals surface area contributed by atoms with E-state index >= 15 is 0 Å². The fraction of sp³-hybridized carbons (Fsp3) is 0.533. The first kappa shape index (κ1) is 14.8. The zero-order valence-electron chi connectivity index (χ0n) is 12.5.